The molecule has 2 aromatic carbocycles. The summed E-state index contributed by atoms with van der Waals surface area (Å²) in [5.41, 5.74) is 4.54. The Hall–Kier alpha value is -4.69. The van der Waals surface area contributed by atoms with Crippen LogP contribution in [0.2, 0.25) is 0 Å². The summed E-state index contributed by atoms with van der Waals surface area (Å²) in [7, 11) is 0. The first-order valence-corrected chi connectivity index (χ1v) is 17.8. The highest BCUT2D eigenvalue weighted by Crippen LogP contribution is 2.40. The van der Waals surface area contributed by atoms with Crippen molar-refractivity contribution in [1.82, 2.24) is 19.7 Å². The van der Waals surface area contributed by atoms with Crippen LogP contribution in [0.25, 0.3) is 21.3 Å². The van der Waals surface area contributed by atoms with E-state index >= 15 is 0 Å². The van der Waals surface area contributed by atoms with Gasteiger partial charge in [0.1, 0.15) is 6.10 Å². The van der Waals surface area contributed by atoms with Gasteiger partial charge in [0.2, 0.25) is 0 Å². The Morgan fingerprint density at radius 1 is 1.08 bits per heavy atom. The fraction of sp³-hybridized carbons (Fsp3) is 0.378. The highest BCUT2D eigenvalue weighted by atomic mass is 32.1. The van der Waals surface area contributed by atoms with Crippen LogP contribution >= 0.6 is 11.3 Å². The number of aromatic nitrogens is 4. The topological polar surface area (TPSA) is 163 Å². The van der Waals surface area contributed by atoms with Gasteiger partial charge < -0.3 is 25.0 Å². The molecule has 1 aliphatic heterocycles. The van der Waals surface area contributed by atoms with E-state index in [2.05, 4.69) is 20.2 Å². The molecule has 13 heteroatoms. The van der Waals surface area contributed by atoms with Gasteiger partial charge in [-0.2, -0.15) is 5.10 Å². The number of nitrogens with zero attached hydrogens (tertiary/aromatic N) is 5. The zero-order chi connectivity index (χ0) is 34.8. The van der Waals surface area contributed by atoms with E-state index in [1.165, 1.54) is 17.5 Å². The Bertz CT molecular complexity index is 2000. The summed E-state index contributed by atoms with van der Waals surface area (Å²) < 4.78 is 9.24. The van der Waals surface area contributed by atoms with Gasteiger partial charge in [0.05, 0.1) is 35.6 Å². The van der Waals surface area contributed by atoms with Crippen LogP contribution in [0.5, 0.6) is 0 Å². The number of thiazole rings is 1. The molecular formula is C37H40N6O6S. The molecule has 4 N–H and O–H groups in total. The second kappa shape index (κ2) is 14.3. The average Bonchev–Trinajstić information content (AvgIpc) is 3.69. The number of amides is 1. The van der Waals surface area contributed by atoms with Crippen molar-refractivity contribution in [3.05, 3.63) is 88.9 Å². The summed E-state index contributed by atoms with van der Waals surface area (Å²) >= 11 is 1.43. The maximum atomic E-state index is 13.8. The molecule has 260 valence electrons. The van der Waals surface area contributed by atoms with E-state index in [1.54, 1.807) is 12.1 Å². The molecule has 1 amide bonds. The highest BCUT2D eigenvalue weighted by molar-refractivity contribution is 7.22. The van der Waals surface area contributed by atoms with Gasteiger partial charge in [0, 0.05) is 41.7 Å². The van der Waals surface area contributed by atoms with Gasteiger partial charge >= 0.3 is 5.97 Å². The highest BCUT2D eigenvalue weighted by Gasteiger charge is 2.37. The third-order valence-electron chi connectivity index (χ3n) is 9.79. The van der Waals surface area contributed by atoms with Gasteiger partial charge in [-0.3, -0.25) is 14.8 Å². The number of carboxylic acids is 1. The molecule has 1 atom stereocenters. The van der Waals surface area contributed by atoms with Crippen molar-refractivity contribution in [2.75, 3.05) is 30.0 Å². The summed E-state index contributed by atoms with van der Waals surface area (Å²) in [5, 5.41) is 38.4. The Morgan fingerprint density at radius 2 is 1.90 bits per heavy atom. The maximum Gasteiger partial charge on any atom is 0.355 e. The smallest absolute Gasteiger partial charge is 0.355 e. The Morgan fingerprint density at radius 3 is 2.68 bits per heavy atom. The molecular weight excluding hydrogens is 657 g/mol. The number of carboxylic acid groups (broad SMARTS) is 1. The van der Waals surface area contributed by atoms with Crippen LogP contribution in [0.3, 0.4) is 0 Å². The number of nitrogens with one attached hydrogen (secondary N) is 1. The van der Waals surface area contributed by atoms with Crippen molar-refractivity contribution in [3.8, 4) is 11.1 Å². The first kappa shape index (κ1) is 33.8. The molecule has 50 heavy (non-hydrogen) atoms. The van der Waals surface area contributed by atoms with Gasteiger partial charge in [-0.25, -0.2) is 14.8 Å². The number of carbonyl (C=O) groups is 2. The van der Waals surface area contributed by atoms with Crippen LogP contribution in [0.15, 0.2) is 60.8 Å². The van der Waals surface area contributed by atoms with E-state index in [0.717, 1.165) is 59.1 Å². The van der Waals surface area contributed by atoms with Crippen molar-refractivity contribution in [3.63, 3.8) is 0 Å². The third kappa shape index (κ3) is 6.73. The number of benzene rings is 2. The Kier molecular flexibility index (Phi) is 9.65. The third-order valence-corrected chi connectivity index (χ3v) is 10.7. The number of hydrogen-bond acceptors (Lipinski definition) is 10. The van der Waals surface area contributed by atoms with E-state index in [4.69, 9.17) is 9.84 Å². The summed E-state index contributed by atoms with van der Waals surface area (Å²) in [5.74, 6) is -0.778. The first-order chi connectivity index (χ1) is 24.2. The van der Waals surface area contributed by atoms with Gasteiger partial charge in [-0.1, -0.05) is 60.9 Å². The molecule has 12 nitrogen and oxygen atoms in total. The molecule has 5 aromatic rings. The summed E-state index contributed by atoms with van der Waals surface area (Å²) in [6, 6.07) is 17.0. The summed E-state index contributed by atoms with van der Waals surface area (Å²) in [4.78, 5) is 37.1. The molecule has 1 fully saturated rings. The predicted molar refractivity (Wildman–Crippen MR) is 191 cm³/mol. The zero-order valence-corrected chi connectivity index (χ0v) is 28.7. The summed E-state index contributed by atoms with van der Waals surface area (Å²) in [6.07, 6.45) is 5.70. The molecule has 3 aromatic heterocycles. The normalized spacial score (nSPS) is 16.3. The number of ether oxygens (including phenoxy) is 1. The van der Waals surface area contributed by atoms with Crippen molar-refractivity contribution >= 4 is 44.4 Å². The standard InChI is InChI=1S/C37H40N6O6S/c1-23-31(27-11-8-17-38-32(27)35(47)48)33(41-43(23)22-37(15-5-2-6-16-37)49-21-25(45)20-44)42-18-14-24-9-7-10-26(28(24)19-42)34(46)40-36-39-29-12-3-4-13-30(29)50-36/h3-4,7-13,17,25,44-45H,2,5-6,14-16,18-22H2,1H3,(H,47,48)(H,39,40,46). The summed E-state index contributed by atoms with van der Waals surface area (Å²) in [6.45, 7) is 2.93. The predicted octanol–water partition coefficient (Wildman–Crippen LogP) is 5.45. The molecule has 0 saturated heterocycles. The lowest BCUT2D eigenvalue weighted by Crippen LogP contribution is -2.42. The second-order valence-electron chi connectivity index (χ2n) is 13.1. The number of anilines is 2. The van der Waals surface area contributed by atoms with Crippen LogP contribution in [-0.4, -0.2) is 78.4 Å². The monoisotopic (exact) mass is 696 g/mol. The molecule has 1 aliphatic carbocycles. The van der Waals surface area contributed by atoms with Crippen LogP contribution in [0.1, 0.15) is 69.8 Å². The number of pyridine rings is 1. The number of rotatable bonds is 11. The molecule has 2 aliphatic rings. The minimum absolute atomic E-state index is 0.00701. The molecule has 7 rings (SSSR count). The number of aliphatic hydroxyl groups is 2. The lowest BCUT2D eigenvalue weighted by Gasteiger charge is -2.38. The van der Waals surface area contributed by atoms with E-state index in [-0.39, 0.29) is 24.8 Å². The number of aliphatic hydroxyl groups excluding tert-OH is 2. The molecule has 1 unspecified atom stereocenters. The van der Waals surface area contributed by atoms with Gasteiger partial charge in [-0.15, -0.1) is 0 Å². The lowest BCUT2D eigenvalue weighted by molar-refractivity contribution is -0.115. The van der Waals surface area contributed by atoms with E-state index < -0.39 is 17.7 Å². The van der Waals surface area contributed by atoms with Gasteiger partial charge in [0.25, 0.3) is 5.91 Å². The molecule has 0 bridgehead atoms. The number of carbonyl (C=O) groups excluding carboxylic acids is 1. The van der Waals surface area contributed by atoms with Crippen molar-refractivity contribution in [2.45, 2.75) is 70.2 Å². The molecule has 4 heterocycles. The van der Waals surface area contributed by atoms with Crippen molar-refractivity contribution in [1.29, 1.82) is 0 Å². The van der Waals surface area contributed by atoms with Crippen LogP contribution < -0.4 is 10.2 Å². The van der Waals surface area contributed by atoms with Gasteiger partial charge in [-0.05, 0) is 61.6 Å². The number of hydrogen-bond donors (Lipinski definition) is 4. The van der Waals surface area contributed by atoms with Crippen molar-refractivity contribution < 1.29 is 29.6 Å². The SMILES string of the molecule is Cc1c(-c2cccnc2C(=O)O)c(N2CCc3cccc(C(=O)Nc4nc5ccccc5s4)c3C2)nn1CC1(OCC(O)CO)CCCCC1. The largest absolute Gasteiger partial charge is 0.476 e. The fourth-order valence-electron chi connectivity index (χ4n) is 7.21. The number of para-hydroxylation sites is 1. The van der Waals surface area contributed by atoms with Crippen LogP contribution in [0, 0.1) is 6.92 Å². The van der Waals surface area contributed by atoms with Gasteiger partial charge in [0.15, 0.2) is 16.6 Å². The second-order valence-corrected chi connectivity index (χ2v) is 14.1. The van der Waals surface area contributed by atoms with Crippen molar-refractivity contribution in [2.24, 2.45) is 0 Å². The molecule has 1 saturated carbocycles. The minimum Gasteiger partial charge on any atom is -0.476 e. The van der Waals surface area contributed by atoms with E-state index in [9.17, 15) is 24.9 Å². The van der Waals surface area contributed by atoms with Crippen LogP contribution in [0.4, 0.5) is 10.9 Å². The Labute approximate surface area is 293 Å². The zero-order valence-electron chi connectivity index (χ0n) is 27.8. The molecule has 0 radical (unpaired) electrons. The first-order valence-electron chi connectivity index (χ1n) is 17.0. The Balaban J connectivity index is 1.26. The molecule has 0 spiro atoms. The maximum absolute atomic E-state index is 13.8. The lowest BCUT2D eigenvalue weighted by atomic mass is 9.84. The van der Waals surface area contributed by atoms with E-state index in [0.29, 0.717) is 53.7 Å². The quantitative estimate of drug-likeness (QED) is 0.140. The fourth-order valence-corrected chi connectivity index (χ4v) is 8.07. The number of fused-ring (bicyclic) bond motifs is 2. The van der Waals surface area contributed by atoms with E-state index in [1.807, 2.05) is 54.1 Å². The van der Waals surface area contributed by atoms with Crippen LogP contribution in [-0.2, 0) is 24.2 Å². The average molecular weight is 697 g/mol. The minimum atomic E-state index is -1.14. The number of aromatic carboxylic acids is 1.